The predicted molar refractivity (Wildman–Crippen MR) is 107 cm³/mol. The van der Waals surface area contributed by atoms with Gasteiger partial charge in [0.2, 0.25) is 5.76 Å². The van der Waals surface area contributed by atoms with Crippen molar-refractivity contribution in [3.05, 3.63) is 76.7 Å². The lowest BCUT2D eigenvalue weighted by atomic mass is 10.1. The molecule has 0 saturated carbocycles. The summed E-state index contributed by atoms with van der Waals surface area (Å²) in [4.78, 5) is 19.6. The molecule has 27 heavy (non-hydrogen) atoms. The number of aryl methyl sites for hydroxylation is 3. The van der Waals surface area contributed by atoms with Crippen molar-refractivity contribution in [2.75, 3.05) is 4.90 Å². The molecule has 0 spiro atoms. The van der Waals surface area contributed by atoms with E-state index in [1.165, 1.54) is 11.3 Å². The number of fused-ring (bicyclic) bond motifs is 1. The number of carbonyl (C=O) groups excluding carboxylic acids is 1. The van der Waals surface area contributed by atoms with Crippen LogP contribution in [0.25, 0.3) is 10.2 Å². The van der Waals surface area contributed by atoms with E-state index in [1.54, 1.807) is 17.9 Å². The van der Waals surface area contributed by atoms with Gasteiger partial charge in [-0.3, -0.25) is 9.69 Å². The van der Waals surface area contributed by atoms with Crippen molar-refractivity contribution in [3.63, 3.8) is 0 Å². The number of carbonyl (C=O) groups is 1. The maximum Gasteiger partial charge on any atom is 0.298 e. The summed E-state index contributed by atoms with van der Waals surface area (Å²) in [5, 5.41) is 4.50. The number of anilines is 1. The monoisotopic (exact) mass is 377 g/mol. The van der Waals surface area contributed by atoms with Crippen molar-refractivity contribution >= 4 is 32.6 Å². The molecule has 0 aliphatic carbocycles. The number of rotatable bonds is 4. The molecule has 4 aromatic rings. The summed E-state index contributed by atoms with van der Waals surface area (Å²) in [7, 11) is 0. The van der Waals surface area contributed by atoms with E-state index in [0.29, 0.717) is 17.4 Å². The Kier molecular flexibility index (Phi) is 4.49. The first kappa shape index (κ1) is 17.4. The van der Waals surface area contributed by atoms with Crippen LogP contribution >= 0.6 is 11.3 Å². The zero-order valence-corrected chi connectivity index (χ0v) is 16.2. The summed E-state index contributed by atoms with van der Waals surface area (Å²) in [6, 6.07) is 15.7. The quantitative estimate of drug-likeness (QED) is 0.499. The van der Waals surface area contributed by atoms with Crippen molar-refractivity contribution in [1.29, 1.82) is 0 Å². The molecule has 0 bridgehead atoms. The first-order valence-electron chi connectivity index (χ1n) is 8.68. The first-order chi connectivity index (χ1) is 13.0. The Hall–Kier alpha value is -2.99. The van der Waals surface area contributed by atoms with Crippen molar-refractivity contribution in [2.45, 2.75) is 27.3 Å². The minimum Gasteiger partial charge on any atom is -0.351 e. The van der Waals surface area contributed by atoms with E-state index in [-0.39, 0.29) is 11.7 Å². The predicted octanol–water partition coefficient (Wildman–Crippen LogP) is 5.06. The second-order valence-electron chi connectivity index (χ2n) is 6.64. The van der Waals surface area contributed by atoms with Crippen LogP contribution in [0.3, 0.4) is 0 Å². The number of hydrogen-bond donors (Lipinski definition) is 0. The van der Waals surface area contributed by atoms with Crippen LogP contribution < -0.4 is 4.90 Å². The summed E-state index contributed by atoms with van der Waals surface area (Å²) < 4.78 is 6.31. The normalized spacial score (nSPS) is 11.1. The average Bonchev–Trinajstić information content (AvgIpc) is 3.26. The van der Waals surface area contributed by atoms with Gasteiger partial charge in [-0.1, -0.05) is 52.9 Å². The van der Waals surface area contributed by atoms with Crippen LogP contribution in [0.5, 0.6) is 0 Å². The highest BCUT2D eigenvalue weighted by Crippen LogP contribution is 2.33. The summed E-state index contributed by atoms with van der Waals surface area (Å²) in [5.41, 5.74) is 4.93. The number of aromatic nitrogens is 2. The molecule has 0 aliphatic heterocycles. The molecule has 0 atom stereocenters. The molecule has 0 unspecified atom stereocenters. The van der Waals surface area contributed by atoms with Crippen molar-refractivity contribution in [2.24, 2.45) is 0 Å². The topological polar surface area (TPSA) is 59.2 Å². The molecule has 136 valence electrons. The molecular formula is C21H19N3O2S. The average molecular weight is 377 g/mol. The molecule has 0 aliphatic rings. The third-order valence-electron chi connectivity index (χ3n) is 4.31. The third kappa shape index (κ3) is 3.48. The molecule has 5 nitrogen and oxygen atoms in total. The van der Waals surface area contributed by atoms with Crippen molar-refractivity contribution in [1.82, 2.24) is 10.1 Å². The molecule has 2 aromatic carbocycles. The van der Waals surface area contributed by atoms with Gasteiger partial charge in [-0.2, -0.15) is 0 Å². The van der Waals surface area contributed by atoms with Gasteiger partial charge in [-0.25, -0.2) is 4.98 Å². The van der Waals surface area contributed by atoms with Gasteiger partial charge in [0, 0.05) is 6.07 Å². The van der Waals surface area contributed by atoms with Crippen LogP contribution in [0.15, 0.2) is 53.1 Å². The lowest BCUT2D eigenvalue weighted by Gasteiger charge is -2.18. The lowest BCUT2D eigenvalue weighted by molar-refractivity contribution is 0.0949. The molecule has 0 fully saturated rings. The van der Waals surface area contributed by atoms with E-state index in [9.17, 15) is 4.79 Å². The Bertz CT molecular complexity index is 1120. The largest absolute Gasteiger partial charge is 0.351 e. The Balaban J connectivity index is 1.79. The molecule has 0 saturated heterocycles. The van der Waals surface area contributed by atoms with Crippen LogP contribution in [0.1, 0.15) is 32.9 Å². The fourth-order valence-corrected chi connectivity index (χ4v) is 4.08. The minimum atomic E-state index is -0.243. The van der Waals surface area contributed by atoms with Gasteiger partial charge in [0.15, 0.2) is 5.13 Å². The van der Waals surface area contributed by atoms with Gasteiger partial charge in [0.05, 0.1) is 22.5 Å². The van der Waals surface area contributed by atoms with Gasteiger partial charge < -0.3 is 4.52 Å². The Morgan fingerprint density at radius 3 is 2.59 bits per heavy atom. The van der Waals surface area contributed by atoms with E-state index in [2.05, 4.69) is 25.1 Å². The Morgan fingerprint density at radius 2 is 1.89 bits per heavy atom. The van der Waals surface area contributed by atoms with Crippen LogP contribution in [0.4, 0.5) is 5.13 Å². The Morgan fingerprint density at radius 1 is 1.11 bits per heavy atom. The summed E-state index contributed by atoms with van der Waals surface area (Å²) in [5.74, 6) is -0.0246. The van der Waals surface area contributed by atoms with E-state index < -0.39 is 0 Å². The summed E-state index contributed by atoms with van der Waals surface area (Å²) in [6.07, 6.45) is 0. The molecule has 1 amide bonds. The molecule has 0 radical (unpaired) electrons. The maximum atomic E-state index is 13.2. The standard InChI is InChI=1S/C21H19N3O2S/c1-13-9-14(2)19-17(10-13)22-21(27-19)24(12-16-7-5-4-6-8-16)20(25)18-11-15(3)23-26-18/h4-11H,12H2,1-3H3. The zero-order valence-electron chi connectivity index (χ0n) is 15.4. The van der Waals surface area contributed by atoms with E-state index in [0.717, 1.165) is 26.9 Å². The van der Waals surface area contributed by atoms with Gasteiger partial charge in [0.25, 0.3) is 5.91 Å². The van der Waals surface area contributed by atoms with E-state index in [4.69, 9.17) is 9.51 Å². The van der Waals surface area contributed by atoms with Gasteiger partial charge in [0.1, 0.15) is 0 Å². The number of hydrogen-bond acceptors (Lipinski definition) is 5. The van der Waals surface area contributed by atoms with Crippen LogP contribution in [-0.4, -0.2) is 16.0 Å². The van der Waals surface area contributed by atoms with Crippen LogP contribution in [0.2, 0.25) is 0 Å². The number of thiazole rings is 1. The first-order valence-corrected chi connectivity index (χ1v) is 9.50. The highest BCUT2D eigenvalue weighted by atomic mass is 32.1. The molecule has 4 rings (SSSR count). The second-order valence-corrected chi connectivity index (χ2v) is 7.61. The van der Waals surface area contributed by atoms with Gasteiger partial charge >= 0.3 is 0 Å². The minimum absolute atomic E-state index is 0.218. The zero-order chi connectivity index (χ0) is 19.0. The fraction of sp³-hybridized carbons (Fsp3) is 0.190. The summed E-state index contributed by atoms with van der Waals surface area (Å²) >= 11 is 1.52. The maximum absolute atomic E-state index is 13.2. The fourth-order valence-electron chi connectivity index (χ4n) is 3.07. The Labute approximate surface area is 161 Å². The molecular weight excluding hydrogens is 358 g/mol. The molecule has 2 heterocycles. The molecule has 0 N–H and O–H groups in total. The third-order valence-corrected chi connectivity index (χ3v) is 5.54. The highest BCUT2D eigenvalue weighted by Gasteiger charge is 2.25. The van der Waals surface area contributed by atoms with E-state index >= 15 is 0 Å². The summed E-state index contributed by atoms with van der Waals surface area (Å²) in [6.45, 7) is 6.33. The molecule has 2 aromatic heterocycles. The number of benzene rings is 2. The van der Waals surface area contributed by atoms with Crippen LogP contribution in [-0.2, 0) is 6.54 Å². The lowest BCUT2D eigenvalue weighted by Crippen LogP contribution is -2.30. The van der Waals surface area contributed by atoms with Gasteiger partial charge in [-0.05, 0) is 43.5 Å². The molecule has 6 heteroatoms. The van der Waals surface area contributed by atoms with Crippen molar-refractivity contribution in [3.8, 4) is 0 Å². The number of nitrogens with zero attached hydrogens (tertiary/aromatic N) is 3. The second kappa shape index (κ2) is 6.96. The highest BCUT2D eigenvalue weighted by molar-refractivity contribution is 7.22. The van der Waals surface area contributed by atoms with E-state index in [1.807, 2.05) is 36.4 Å². The van der Waals surface area contributed by atoms with Crippen LogP contribution in [0, 0.1) is 20.8 Å². The number of amides is 1. The van der Waals surface area contributed by atoms with Crippen molar-refractivity contribution < 1.29 is 9.32 Å². The van der Waals surface area contributed by atoms with Gasteiger partial charge in [-0.15, -0.1) is 0 Å². The SMILES string of the molecule is Cc1cc(C)c2sc(N(Cc3ccccc3)C(=O)c3cc(C)no3)nc2c1. The smallest absolute Gasteiger partial charge is 0.298 e.